The zero-order chi connectivity index (χ0) is 42.3. The molecule has 0 N–H and O–H groups in total. The Kier molecular flexibility index (Phi) is 43.1. The van der Waals surface area contributed by atoms with Gasteiger partial charge in [-0.2, -0.15) is 0 Å². The van der Waals surface area contributed by atoms with Crippen molar-refractivity contribution in [3.8, 4) is 0 Å². The molecule has 0 aliphatic heterocycles. The Bertz CT molecular complexity index is 1200. The van der Waals surface area contributed by atoms with Crippen LogP contribution in [0.2, 0.25) is 0 Å². The molecular weight excluding hydrogens is 721 g/mol. The molecule has 1 atom stereocenters. The van der Waals surface area contributed by atoms with E-state index >= 15 is 0 Å². The minimum absolute atomic E-state index is 0.115. The summed E-state index contributed by atoms with van der Waals surface area (Å²) in [5.41, 5.74) is 0. The van der Waals surface area contributed by atoms with E-state index in [9.17, 15) is 14.4 Å². The normalized spacial score (nSPS) is 12.9. The first-order valence-electron chi connectivity index (χ1n) is 23.2. The third kappa shape index (κ3) is 43.5. The molecule has 0 saturated carbocycles. The number of hydrogen-bond donors (Lipinski definition) is 0. The first-order valence-corrected chi connectivity index (χ1v) is 23.2. The van der Waals surface area contributed by atoms with Crippen LogP contribution in [0.3, 0.4) is 0 Å². The summed E-state index contributed by atoms with van der Waals surface area (Å²) in [6, 6.07) is 0. The molecule has 58 heavy (non-hydrogen) atoms. The molecule has 0 rings (SSSR count). The number of carbonyl (C=O) groups is 3. The molecule has 0 aromatic carbocycles. The van der Waals surface area contributed by atoms with E-state index in [1.54, 1.807) is 0 Å². The van der Waals surface area contributed by atoms with Gasteiger partial charge in [0.2, 0.25) is 0 Å². The Balaban J connectivity index is 4.48. The summed E-state index contributed by atoms with van der Waals surface area (Å²) in [7, 11) is 0. The van der Waals surface area contributed by atoms with Crippen molar-refractivity contribution in [2.75, 3.05) is 13.2 Å². The molecule has 0 aliphatic rings. The summed E-state index contributed by atoms with van der Waals surface area (Å²) in [5, 5.41) is 0. The van der Waals surface area contributed by atoms with Gasteiger partial charge in [-0.05, 0) is 96.3 Å². The van der Waals surface area contributed by atoms with Gasteiger partial charge in [0.25, 0.3) is 0 Å². The van der Waals surface area contributed by atoms with Crippen molar-refractivity contribution in [1.82, 2.24) is 0 Å². The van der Waals surface area contributed by atoms with Crippen molar-refractivity contribution >= 4 is 17.9 Å². The Morgan fingerprint density at radius 2 is 0.707 bits per heavy atom. The lowest BCUT2D eigenvalue weighted by Crippen LogP contribution is -2.30. The van der Waals surface area contributed by atoms with Crippen LogP contribution < -0.4 is 0 Å². The Morgan fingerprint density at radius 3 is 1.14 bits per heavy atom. The summed E-state index contributed by atoms with van der Waals surface area (Å²) in [5.74, 6) is -1.03. The molecule has 0 spiro atoms. The molecule has 0 bridgehead atoms. The van der Waals surface area contributed by atoms with Gasteiger partial charge in [-0.25, -0.2) is 0 Å². The van der Waals surface area contributed by atoms with Crippen molar-refractivity contribution in [3.63, 3.8) is 0 Å². The number of carbonyl (C=O) groups excluding carboxylic acids is 3. The van der Waals surface area contributed by atoms with Gasteiger partial charge in [0, 0.05) is 19.3 Å². The van der Waals surface area contributed by atoms with E-state index < -0.39 is 12.1 Å². The molecule has 1 unspecified atom stereocenters. The fourth-order valence-corrected chi connectivity index (χ4v) is 5.88. The van der Waals surface area contributed by atoms with Crippen molar-refractivity contribution in [3.05, 3.63) is 97.2 Å². The molecule has 6 heteroatoms. The molecule has 0 radical (unpaired) electrons. The second-order valence-electron chi connectivity index (χ2n) is 14.9. The lowest BCUT2D eigenvalue weighted by Gasteiger charge is -2.18. The number of unbranched alkanes of at least 4 members (excludes halogenated alkanes) is 13. The van der Waals surface area contributed by atoms with Gasteiger partial charge in [0.15, 0.2) is 6.10 Å². The third-order valence-electron chi connectivity index (χ3n) is 9.30. The molecule has 0 aromatic rings. The molecular formula is C52H84O6. The molecule has 0 saturated heterocycles. The molecule has 0 aliphatic carbocycles. The van der Waals surface area contributed by atoms with Gasteiger partial charge in [-0.1, -0.05) is 176 Å². The summed E-state index contributed by atoms with van der Waals surface area (Å²) >= 11 is 0. The number of hydrogen-bond acceptors (Lipinski definition) is 6. The van der Waals surface area contributed by atoms with Crippen LogP contribution in [0.1, 0.15) is 194 Å². The second kappa shape index (κ2) is 46.0. The van der Waals surface area contributed by atoms with Crippen LogP contribution in [0.15, 0.2) is 97.2 Å². The van der Waals surface area contributed by atoms with Crippen molar-refractivity contribution in [2.24, 2.45) is 0 Å². The smallest absolute Gasteiger partial charge is 0.306 e. The molecule has 0 fully saturated rings. The van der Waals surface area contributed by atoms with Gasteiger partial charge < -0.3 is 14.2 Å². The lowest BCUT2D eigenvalue weighted by atomic mass is 10.1. The predicted octanol–water partition coefficient (Wildman–Crippen LogP) is 15.0. The van der Waals surface area contributed by atoms with Gasteiger partial charge >= 0.3 is 17.9 Å². The maximum atomic E-state index is 12.7. The molecule has 0 amide bonds. The summed E-state index contributed by atoms with van der Waals surface area (Å²) in [4.78, 5) is 37.7. The number of esters is 3. The average Bonchev–Trinajstić information content (AvgIpc) is 3.22. The second-order valence-corrected chi connectivity index (χ2v) is 14.9. The van der Waals surface area contributed by atoms with E-state index in [1.165, 1.54) is 38.5 Å². The van der Waals surface area contributed by atoms with Crippen LogP contribution in [0, 0.1) is 0 Å². The summed E-state index contributed by atoms with van der Waals surface area (Å²) in [6.07, 6.45) is 59.8. The zero-order valence-electron chi connectivity index (χ0n) is 37.3. The highest BCUT2D eigenvalue weighted by Crippen LogP contribution is 2.12. The minimum Gasteiger partial charge on any atom is -0.462 e. The summed E-state index contributed by atoms with van der Waals surface area (Å²) < 4.78 is 16.6. The number of allylic oxidation sites excluding steroid dienone is 16. The maximum Gasteiger partial charge on any atom is 0.306 e. The highest BCUT2D eigenvalue weighted by Gasteiger charge is 2.19. The van der Waals surface area contributed by atoms with Crippen LogP contribution >= 0.6 is 0 Å². The Hall–Kier alpha value is -3.67. The van der Waals surface area contributed by atoms with E-state index in [-0.39, 0.29) is 31.6 Å². The molecule has 6 nitrogen and oxygen atoms in total. The van der Waals surface area contributed by atoms with Crippen LogP contribution in [-0.2, 0) is 28.6 Å². The van der Waals surface area contributed by atoms with Crippen LogP contribution in [0.5, 0.6) is 0 Å². The number of rotatable bonds is 40. The largest absolute Gasteiger partial charge is 0.462 e. The first kappa shape index (κ1) is 54.3. The quantitative estimate of drug-likeness (QED) is 0.0266. The number of ether oxygens (including phenoxy) is 3. The van der Waals surface area contributed by atoms with E-state index in [1.807, 2.05) is 12.2 Å². The molecule has 0 aromatic heterocycles. The van der Waals surface area contributed by atoms with Crippen LogP contribution in [0.25, 0.3) is 0 Å². The van der Waals surface area contributed by atoms with Gasteiger partial charge in [-0.3, -0.25) is 14.4 Å². The highest BCUT2D eigenvalue weighted by atomic mass is 16.6. The molecule has 328 valence electrons. The van der Waals surface area contributed by atoms with Gasteiger partial charge in [0.1, 0.15) is 13.2 Å². The lowest BCUT2D eigenvalue weighted by molar-refractivity contribution is -0.166. The first-order chi connectivity index (χ1) is 28.5. The fraction of sp³-hybridized carbons (Fsp3) is 0.635. The minimum atomic E-state index is -0.821. The van der Waals surface area contributed by atoms with E-state index in [2.05, 4.69) is 106 Å². The van der Waals surface area contributed by atoms with E-state index in [0.29, 0.717) is 19.3 Å². The molecule has 0 heterocycles. The van der Waals surface area contributed by atoms with Crippen molar-refractivity contribution in [2.45, 2.75) is 200 Å². The standard InChI is InChI=1S/C52H84O6/c1-4-7-10-13-16-19-22-24-25-26-27-29-30-33-36-39-42-45-51(54)57-48-49(47-56-50(53)44-41-38-35-32-21-18-15-12-9-6-3)58-52(55)46-43-40-37-34-31-28-23-20-17-14-11-8-5-2/h7-8,10-12,15-17,19-20,24-25,28,31,37,40,49H,4-6,9,13-14,18,21-23,26-27,29-30,32-36,38-39,41-48H2,1-3H3/b10-7-,11-8-,15-12-,19-16-,20-17-,25-24-,31-28-,40-37-. The van der Waals surface area contributed by atoms with Gasteiger partial charge in [-0.15, -0.1) is 0 Å². The maximum absolute atomic E-state index is 12.7. The third-order valence-corrected chi connectivity index (χ3v) is 9.30. The summed E-state index contributed by atoms with van der Waals surface area (Å²) in [6.45, 7) is 6.24. The highest BCUT2D eigenvalue weighted by molar-refractivity contribution is 5.71. The zero-order valence-corrected chi connectivity index (χ0v) is 37.3. The van der Waals surface area contributed by atoms with Crippen molar-refractivity contribution in [1.29, 1.82) is 0 Å². The van der Waals surface area contributed by atoms with E-state index in [4.69, 9.17) is 14.2 Å². The topological polar surface area (TPSA) is 78.9 Å². The fourth-order valence-electron chi connectivity index (χ4n) is 5.88. The van der Waals surface area contributed by atoms with Crippen molar-refractivity contribution < 1.29 is 28.6 Å². The van der Waals surface area contributed by atoms with Crippen LogP contribution in [0.4, 0.5) is 0 Å². The van der Waals surface area contributed by atoms with E-state index in [0.717, 1.165) is 109 Å². The SMILES string of the molecule is CC/C=C\C/C=C\C/C=C\C/C=C\CCC(=O)OC(COC(=O)CCCCCCC/C=C\CCC)COC(=O)CCCCCCCCC/C=C\C/C=C\C/C=C\CC. The Labute approximate surface area is 356 Å². The van der Waals surface area contributed by atoms with Gasteiger partial charge in [0.05, 0.1) is 0 Å². The predicted molar refractivity (Wildman–Crippen MR) is 247 cm³/mol. The average molecular weight is 805 g/mol. The Morgan fingerprint density at radius 1 is 0.362 bits per heavy atom. The van der Waals surface area contributed by atoms with Crippen LogP contribution in [-0.4, -0.2) is 37.2 Å². The monoisotopic (exact) mass is 805 g/mol.